The van der Waals surface area contributed by atoms with E-state index in [4.69, 9.17) is 9.84 Å². The van der Waals surface area contributed by atoms with Crippen LogP contribution in [0.25, 0.3) is 0 Å². The zero-order chi connectivity index (χ0) is 15.6. The molecule has 0 aliphatic carbocycles. The molecule has 2 rings (SSSR count). The number of carboxylic acids is 1. The average Bonchev–Trinajstić information content (AvgIpc) is 2.40. The largest absolute Gasteiger partial charge is 0.478 e. The van der Waals surface area contributed by atoms with Gasteiger partial charge in [-0.3, -0.25) is 0 Å². The number of ether oxygens (including phenoxy) is 1. The van der Waals surface area contributed by atoms with Crippen molar-refractivity contribution >= 4 is 5.97 Å². The first-order valence-corrected chi connectivity index (χ1v) is 5.97. The van der Waals surface area contributed by atoms with Gasteiger partial charge in [0.25, 0.3) is 0 Å². The normalized spacial score (nSPS) is 11.2. The lowest BCUT2D eigenvalue weighted by Crippen LogP contribution is -2.12. The van der Waals surface area contributed by atoms with Gasteiger partial charge < -0.3 is 9.84 Å². The molecule has 0 aliphatic heterocycles. The minimum Gasteiger partial charge on any atom is -0.478 e. The lowest BCUT2D eigenvalue weighted by Gasteiger charge is -2.13. The number of rotatable bonds is 3. The van der Waals surface area contributed by atoms with Crippen LogP contribution in [0.3, 0.4) is 0 Å². The van der Waals surface area contributed by atoms with E-state index in [0.717, 1.165) is 17.7 Å². The monoisotopic (exact) mass is 296 g/mol. The van der Waals surface area contributed by atoms with Crippen molar-refractivity contribution in [1.82, 2.24) is 0 Å². The number of carbonyl (C=O) groups is 1. The Balaban J connectivity index is 2.42. The summed E-state index contributed by atoms with van der Waals surface area (Å²) in [6, 6.07) is 9.60. The van der Waals surface area contributed by atoms with Crippen molar-refractivity contribution in [2.24, 2.45) is 0 Å². The maximum Gasteiger partial charge on any atom is 0.417 e. The SMILES string of the molecule is Cc1ccccc1Oc1ccc(C(F)(F)F)c(C(=O)O)c1. The van der Waals surface area contributed by atoms with Gasteiger partial charge in [0.1, 0.15) is 11.5 Å². The van der Waals surface area contributed by atoms with Crippen molar-refractivity contribution in [3.8, 4) is 11.5 Å². The Morgan fingerprint density at radius 1 is 1.14 bits per heavy atom. The van der Waals surface area contributed by atoms with Crippen molar-refractivity contribution < 1.29 is 27.8 Å². The second-order valence-corrected chi connectivity index (χ2v) is 4.38. The molecule has 3 nitrogen and oxygen atoms in total. The number of alkyl halides is 3. The number of hydrogen-bond donors (Lipinski definition) is 1. The molecular formula is C15H11F3O3. The fourth-order valence-corrected chi connectivity index (χ4v) is 1.81. The molecule has 0 heterocycles. The van der Waals surface area contributed by atoms with E-state index in [0.29, 0.717) is 11.8 Å². The molecule has 0 radical (unpaired) electrons. The highest BCUT2D eigenvalue weighted by molar-refractivity contribution is 5.90. The minimum absolute atomic E-state index is 0.0368. The highest BCUT2D eigenvalue weighted by atomic mass is 19.4. The third kappa shape index (κ3) is 3.34. The van der Waals surface area contributed by atoms with Crippen LogP contribution in [0.1, 0.15) is 21.5 Å². The van der Waals surface area contributed by atoms with Gasteiger partial charge in [-0.1, -0.05) is 18.2 Å². The molecule has 110 valence electrons. The second-order valence-electron chi connectivity index (χ2n) is 4.38. The van der Waals surface area contributed by atoms with Crippen molar-refractivity contribution in [3.63, 3.8) is 0 Å². The van der Waals surface area contributed by atoms with Gasteiger partial charge in [0.2, 0.25) is 0 Å². The summed E-state index contributed by atoms with van der Waals surface area (Å²) in [5, 5.41) is 8.92. The summed E-state index contributed by atoms with van der Waals surface area (Å²) in [5.41, 5.74) is -1.25. The van der Waals surface area contributed by atoms with E-state index in [9.17, 15) is 18.0 Å². The lowest BCUT2D eigenvalue weighted by molar-refractivity contribution is -0.138. The topological polar surface area (TPSA) is 46.5 Å². The van der Waals surface area contributed by atoms with E-state index >= 15 is 0 Å². The molecule has 0 amide bonds. The number of aromatic carboxylic acids is 1. The molecule has 0 saturated carbocycles. The predicted molar refractivity (Wildman–Crippen MR) is 69.7 cm³/mol. The summed E-state index contributed by atoms with van der Waals surface area (Å²) in [4.78, 5) is 11.0. The van der Waals surface area contributed by atoms with Crippen molar-refractivity contribution in [2.75, 3.05) is 0 Å². The molecule has 1 N–H and O–H groups in total. The average molecular weight is 296 g/mol. The van der Waals surface area contributed by atoms with Gasteiger partial charge in [-0.05, 0) is 36.8 Å². The molecule has 0 aromatic heterocycles. The fraction of sp³-hybridized carbons (Fsp3) is 0.133. The van der Waals surface area contributed by atoms with Gasteiger partial charge in [0.15, 0.2) is 0 Å². The van der Waals surface area contributed by atoms with Gasteiger partial charge in [-0.2, -0.15) is 13.2 Å². The Labute approximate surface area is 118 Å². The molecule has 2 aromatic rings. The van der Waals surface area contributed by atoms with Gasteiger partial charge in [0, 0.05) is 0 Å². The summed E-state index contributed by atoms with van der Waals surface area (Å²) in [5.74, 6) is -1.17. The molecule has 0 bridgehead atoms. The third-order valence-corrected chi connectivity index (χ3v) is 2.85. The van der Waals surface area contributed by atoms with Crippen LogP contribution in [0.2, 0.25) is 0 Å². The van der Waals surface area contributed by atoms with Crippen LogP contribution in [0.5, 0.6) is 11.5 Å². The van der Waals surface area contributed by atoms with Crippen molar-refractivity contribution in [3.05, 3.63) is 59.2 Å². The predicted octanol–water partition coefficient (Wildman–Crippen LogP) is 4.50. The summed E-state index contributed by atoms with van der Waals surface area (Å²) >= 11 is 0. The molecule has 0 unspecified atom stereocenters. The van der Waals surface area contributed by atoms with E-state index in [1.165, 1.54) is 0 Å². The van der Waals surface area contributed by atoms with Gasteiger partial charge in [-0.25, -0.2) is 4.79 Å². The van der Waals surface area contributed by atoms with Gasteiger partial charge in [0.05, 0.1) is 11.1 Å². The molecule has 0 fully saturated rings. The Hall–Kier alpha value is -2.50. The lowest BCUT2D eigenvalue weighted by atomic mass is 10.1. The molecule has 2 aromatic carbocycles. The number of aryl methyl sites for hydroxylation is 1. The van der Waals surface area contributed by atoms with E-state index in [1.54, 1.807) is 31.2 Å². The van der Waals surface area contributed by atoms with Crippen molar-refractivity contribution in [1.29, 1.82) is 0 Å². The Morgan fingerprint density at radius 3 is 2.38 bits per heavy atom. The Bertz CT molecular complexity index is 678. The Kier molecular flexibility index (Phi) is 3.88. The fourth-order valence-electron chi connectivity index (χ4n) is 1.81. The van der Waals surface area contributed by atoms with E-state index in [1.807, 2.05) is 0 Å². The highest BCUT2D eigenvalue weighted by Gasteiger charge is 2.35. The zero-order valence-electron chi connectivity index (χ0n) is 10.9. The zero-order valence-corrected chi connectivity index (χ0v) is 10.9. The summed E-state index contributed by atoms with van der Waals surface area (Å²) in [6.07, 6.45) is -4.73. The van der Waals surface area contributed by atoms with E-state index in [-0.39, 0.29) is 5.75 Å². The van der Waals surface area contributed by atoms with E-state index in [2.05, 4.69) is 0 Å². The summed E-state index contributed by atoms with van der Waals surface area (Å²) in [7, 11) is 0. The third-order valence-electron chi connectivity index (χ3n) is 2.85. The first kappa shape index (κ1) is 14.9. The molecular weight excluding hydrogens is 285 g/mol. The summed E-state index contributed by atoms with van der Waals surface area (Å²) in [6.45, 7) is 1.78. The number of halogens is 3. The van der Waals surface area contributed by atoms with Crippen LogP contribution in [-0.4, -0.2) is 11.1 Å². The summed E-state index contributed by atoms with van der Waals surface area (Å²) < 4.78 is 43.6. The molecule has 0 atom stereocenters. The smallest absolute Gasteiger partial charge is 0.417 e. The molecule has 0 spiro atoms. The van der Waals surface area contributed by atoms with Crippen LogP contribution in [0, 0.1) is 6.92 Å². The van der Waals surface area contributed by atoms with Crippen LogP contribution in [0.4, 0.5) is 13.2 Å². The highest BCUT2D eigenvalue weighted by Crippen LogP contribution is 2.35. The van der Waals surface area contributed by atoms with Crippen molar-refractivity contribution in [2.45, 2.75) is 13.1 Å². The minimum atomic E-state index is -4.73. The maximum absolute atomic E-state index is 12.7. The van der Waals surface area contributed by atoms with Crippen LogP contribution in [0.15, 0.2) is 42.5 Å². The number of benzene rings is 2. The number of hydrogen-bond acceptors (Lipinski definition) is 2. The second kappa shape index (κ2) is 5.47. The van der Waals surface area contributed by atoms with Crippen LogP contribution in [-0.2, 0) is 6.18 Å². The molecule has 6 heteroatoms. The first-order valence-electron chi connectivity index (χ1n) is 5.97. The number of carboxylic acid groups (broad SMARTS) is 1. The van der Waals surface area contributed by atoms with Crippen LogP contribution < -0.4 is 4.74 Å². The molecule has 0 saturated heterocycles. The van der Waals surface area contributed by atoms with Gasteiger partial charge >= 0.3 is 12.1 Å². The molecule has 0 aliphatic rings. The number of para-hydroxylation sites is 1. The van der Waals surface area contributed by atoms with E-state index < -0.39 is 23.3 Å². The quantitative estimate of drug-likeness (QED) is 0.906. The van der Waals surface area contributed by atoms with Gasteiger partial charge in [-0.15, -0.1) is 0 Å². The Morgan fingerprint density at radius 2 is 1.81 bits per heavy atom. The molecule has 21 heavy (non-hydrogen) atoms. The maximum atomic E-state index is 12.7. The van der Waals surface area contributed by atoms with Crippen LogP contribution >= 0.6 is 0 Å². The standard InChI is InChI=1S/C15H11F3O3/c1-9-4-2-3-5-13(9)21-10-6-7-12(15(16,17)18)11(8-10)14(19)20/h2-8H,1H3,(H,19,20). The first-order chi connectivity index (χ1) is 9.79.